The predicted molar refractivity (Wildman–Crippen MR) is 85.3 cm³/mol. The van der Waals surface area contributed by atoms with Gasteiger partial charge in [0.25, 0.3) is 0 Å². The number of hydrogen-bond acceptors (Lipinski definition) is 2. The van der Waals surface area contributed by atoms with Gasteiger partial charge in [-0.05, 0) is 18.2 Å². The lowest BCUT2D eigenvalue weighted by molar-refractivity contribution is 0.624. The van der Waals surface area contributed by atoms with E-state index in [1.807, 2.05) is 18.2 Å². The van der Waals surface area contributed by atoms with Crippen LogP contribution in [0.3, 0.4) is 0 Å². The number of rotatable bonds is 3. The standard InChI is InChI=1S/C14H8BrCl2FN2/c15-10-6-7-11(12(18)8-10)14(17)20-19-13(16)9-4-2-1-3-5-9/h1-8H/b19-13-,20-14-. The lowest BCUT2D eigenvalue weighted by atomic mass is 10.2. The van der Waals surface area contributed by atoms with Crippen molar-refractivity contribution in [1.29, 1.82) is 0 Å². The molecule has 0 fully saturated rings. The maximum atomic E-state index is 13.7. The van der Waals surface area contributed by atoms with Crippen LogP contribution in [0, 0.1) is 5.82 Å². The number of halogens is 4. The summed E-state index contributed by atoms with van der Waals surface area (Å²) in [5, 5.41) is 7.65. The fourth-order valence-corrected chi connectivity index (χ4v) is 2.12. The molecule has 0 aliphatic heterocycles. The molecular formula is C14H8BrCl2FN2. The van der Waals surface area contributed by atoms with Gasteiger partial charge in [0, 0.05) is 15.6 Å². The van der Waals surface area contributed by atoms with Gasteiger partial charge in [0.1, 0.15) is 5.82 Å². The smallest absolute Gasteiger partial charge is 0.161 e. The molecule has 20 heavy (non-hydrogen) atoms. The van der Waals surface area contributed by atoms with E-state index in [2.05, 4.69) is 26.1 Å². The molecule has 2 nitrogen and oxygen atoms in total. The molecule has 6 heteroatoms. The molecule has 0 aliphatic carbocycles. The van der Waals surface area contributed by atoms with Crippen molar-refractivity contribution in [2.24, 2.45) is 10.2 Å². The van der Waals surface area contributed by atoms with Crippen LogP contribution in [0.1, 0.15) is 11.1 Å². The Balaban J connectivity index is 2.27. The van der Waals surface area contributed by atoms with E-state index < -0.39 is 5.82 Å². The molecule has 0 spiro atoms. The molecular weight excluding hydrogens is 366 g/mol. The van der Waals surface area contributed by atoms with Gasteiger partial charge in [-0.3, -0.25) is 0 Å². The second-order valence-electron chi connectivity index (χ2n) is 3.77. The second kappa shape index (κ2) is 6.97. The highest BCUT2D eigenvalue weighted by molar-refractivity contribution is 9.10. The summed E-state index contributed by atoms with van der Waals surface area (Å²) in [7, 11) is 0. The van der Waals surface area contributed by atoms with E-state index in [-0.39, 0.29) is 15.9 Å². The highest BCUT2D eigenvalue weighted by Crippen LogP contribution is 2.17. The molecule has 0 N–H and O–H groups in total. The summed E-state index contributed by atoms with van der Waals surface area (Å²) in [6.45, 7) is 0. The summed E-state index contributed by atoms with van der Waals surface area (Å²) in [5.41, 5.74) is 0.870. The highest BCUT2D eigenvalue weighted by atomic mass is 79.9. The first-order chi connectivity index (χ1) is 9.58. The predicted octanol–water partition coefficient (Wildman–Crippen LogP) is 5.17. The van der Waals surface area contributed by atoms with Crippen LogP contribution in [0.4, 0.5) is 4.39 Å². The maximum absolute atomic E-state index is 13.7. The van der Waals surface area contributed by atoms with Crippen LogP contribution in [-0.4, -0.2) is 10.3 Å². The third-order valence-electron chi connectivity index (χ3n) is 2.39. The van der Waals surface area contributed by atoms with Crippen LogP contribution in [0.15, 0.2) is 63.2 Å². The Morgan fingerprint density at radius 1 is 0.950 bits per heavy atom. The summed E-state index contributed by atoms with van der Waals surface area (Å²) in [6.07, 6.45) is 0. The van der Waals surface area contributed by atoms with E-state index in [4.69, 9.17) is 23.2 Å². The van der Waals surface area contributed by atoms with E-state index in [9.17, 15) is 4.39 Å². The fourth-order valence-electron chi connectivity index (χ4n) is 1.43. The maximum Gasteiger partial charge on any atom is 0.161 e. The number of nitrogens with zero attached hydrogens (tertiary/aromatic N) is 2. The Labute approximate surface area is 134 Å². The Kier molecular flexibility index (Phi) is 5.29. The van der Waals surface area contributed by atoms with Crippen molar-refractivity contribution >= 4 is 49.5 Å². The van der Waals surface area contributed by atoms with Crippen molar-refractivity contribution in [2.75, 3.05) is 0 Å². The largest absolute Gasteiger partial charge is 0.206 e. The quantitative estimate of drug-likeness (QED) is 0.523. The summed E-state index contributed by atoms with van der Waals surface area (Å²) < 4.78 is 14.3. The first-order valence-electron chi connectivity index (χ1n) is 5.55. The molecule has 0 saturated heterocycles. The highest BCUT2D eigenvalue weighted by Gasteiger charge is 2.08. The Bertz CT molecular complexity index is 672. The van der Waals surface area contributed by atoms with Crippen LogP contribution < -0.4 is 0 Å². The van der Waals surface area contributed by atoms with Crippen LogP contribution in [0.25, 0.3) is 0 Å². The molecule has 0 bridgehead atoms. The fraction of sp³-hybridized carbons (Fsp3) is 0. The monoisotopic (exact) mass is 372 g/mol. The molecule has 0 radical (unpaired) electrons. The van der Waals surface area contributed by atoms with Crippen LogP contribution in [0.2, 0.25) is 0 Å². The minimum absolute atomic E-state index is 0.0657. The van der Waals surface area contributed by atoms with Crippen LogP contribution >= 0.6 is 39.1 Å². The molecule has 0 aliphatic rings. The Hall–Kier alpha value is -1.23. The van der Waals surface area contributed by atoms with Crippen molar-refractivity contribution in [3.05, 3.63) is 69.9 Å². The zero-order valence-corrected chi connectivity index (χ0v) is 13.1. The lowest BCUT2D eigenvalue weighted by Crippen LogP contribution is -1.96. The van der Waals surface area contributed by atoms with Gasteiger partial charge in [-0.1, -0.05) is 69.5 Å². The van der Waals surface area contributed by atoms with Crippen LogP contribution in [0.5, 0.6) is 0 Å². The van der Waals surface area contributed by atoms with Crippen molar-refractivity contribution in [3.63, 3.8) is 0 Å². The molecule has 2 aromatic rings. The molecule has 0 aromatic heterocycles. The average Bonchev–Trinajstić information content (AvgIpc) is 2.45. The average molecular weight is 374 g/mol. The van der Waals surface area contributed by atoms with Crippen molar-refractivity contribution < 1.29 is 4.39 Å². The SMILES string of the molecule is Fc1cc(Br)ccc1/C(Cl)=N/N=C(\Cl)c1ccccc1. The van der Waals surface area contributed by atoms with Gasteiger partial charge >= 0.3 is 0 Å². The minimum Gasteiger partial charge on any atom is -0.206 e. The molecule has 0 unspecified atom stereocenters. The summed E-state index contributed by atoms with van der Waals surface area (Å²) in [5.74, 6) is -0.487. The van der Waals surface area contributed by atoms with Crippen molar-refractivity contribution in [2.45, 2.75) is 0 Å². The molecule has 0 heterocycles. The zero-order chi connectivity index (χ0) is 14.5. The van der Waals surface area contributed by atoms with Gasteiger partial charge in [-0.25, -0.2) is 4.39 Å². The number of benzene rings is 2. The molecule has 0 atom stereocenters. The van der Waals surface area contributed by atoms with E-state index in [0.717, 1.165) is 0 Å². The van der Waals surface area contributed by atoms with Crippen LogP contribution in [-0.2, 0) is 0 Å². The minimum atomic E-state index is -0.487. The normalized spacial score (nSPS) is 12.6. The van der Waals surface area contributed by atoms with Crippen molar-refractivity contribution in [3.8, 4) is 0 Å². The lowest BCUT2D eigenvalue weighted by Gasteiger charge is -2.00. The zero-order valence-electron chi connectivity index (χ0n) is 10.0. The first-order valence-corrected chi connectivity index (χ1v) is 7.10. The van der Waals surface area contributed by atoms with Crippen molar-refractivity contribution in [1.82, 2.24) is 0 Å². The van der Waals surface area contributed by atoms with E-state index in [1.165, 1.54) is 12.1 Å². The summed E-state index contributed by atoms with van der Waals surface area (Å²) in [4.78, 5) is 0. The Morgan fingerprint density at radius 2 is 1.60 bits per heavy atom. The molecule has 0 amide bonds. The third kappa shape index (κ3) is 3.88. The van der Waals surface area contributed by atoms with E-state index in [1.54, 1.807) is 18.2 Å². The van der Waals surface area contributed by atoms with Gasteiger partial charge in [0.05, 0.1) is 0 Å². The molecule has 2 rings (SSSR count). The molecule has 0 saturated carbocycles. The summed E-state index contributed by atoms with van der Waals surface area (Å²) >= 11 is 15.1. The first kappa shape index (κ1) is 15.2. The van der Waals surface area contributed by atoms with Gasteiger partial charge in [0.2, 0.25) is 0 Å². The molecule has 102 valence electrons. The summed E-state index contributed by atoms with van der Waals surface area (Å²) in [6, 6.07) is 13.6. The Morgan fingerprint density at radius 3 is 2.25 bits per heavy atom. The third-order valence-corrected chi connectivity index (χ3v) is 3.46. The molecule has 2 aromatic carbocycles. The topological polar surface area (TPSA) is 24.7 Å². The van der Waals surface area contributed by atoms with Gasteiger partial charge in [0.15, 0.2) is 10.3 Å². The number of hydrogen-bond donors (Lipinski definition) is 0. The van der Waals surface area contributed by atoms with E-state index >= 15 is 0 Å². The van der Waals surface area contributed by atoms with E-state index in [0.29, 0.717) is 10.0 Å². The van der Waals surface area contributed by atoms with Gasteiger partial charge < -0.3 is 0 Å². The van der Waals surface area contributed by atoms with Gasteiger partial charge in [-0.2, -0.15) is 0 Å². The van der Waals surface area contributed by atoms with Gasteiger partial charge in [-0.15, -0.1) is 10.2 Å². The second-order valence-corrected chi connectivity index (χ2v) is 5.40.